The lowest BCUT2D eigenvalue weighted by Gasteiger charge is -2.32. The fraction of sp³-hybridized carbons (Fsp3) is 0.222. The Labute approximate surface area is 339 Å². The number of carbonyl (C=O) groups is 1. The minimum atomic E-state index is -4.56. The van der Waals surface area contributed by atoms with E-state index in [9.17, 15) is 18.3 Å². The Morgan fingerprint density at radius 3 is 2.11 bits per heavy atom. The summed E-state index contributed by atoms with van der Waals surface area (Å²) in [6.07, 6.45) is 4.73. The average molecular weight is 813 g/mol. The maximum atomic E-state index is 16.7. The van der Waals surface area contributed by atoms with Gasteiger partial charge in [-0.2, -0.15) is 4.31 Å². The molecule has 0 spiro atoms. The number of anilines is 1. The van der Waals surface area contributed by atoms with E-state index in [1.807, 2.05) is 111 Å². The highest BCUT2D eigenvalue weighted by atomic mass is 35.5. The minimum Gasteiger partial charge on any atom is -0.505 e. The Morgan fingerprint density at radius 1 is 0.839 bits per heavy atom. The molecular formula is C45H44Cl2FN3O4S. The van der Waals surface area contributed by atoms with Gasteiger partial charge in [0, 0.05) is 43.7 Å². The Balaban J connectivity index is 1.29. The van der Waals surface area contributed by atoms with Gasteiger partial charge in [0.1, 0.15) is 10.6 Å². The van der Waals surface area contributed by atoms with E-state index in [1.165, 1.54) is 12.1 Å². The van der Waals surface area contributed by atoms with Crippen LogP contribution in [0.5, 0.6) is 5.75 Å². The summed E-state index contributed by atoms with van der Waals surface area (Å²) in [4.78, 5) is 17.1. The number of carbonyl (C=O) groups excluding carboxylic acids is 1. The largest absolute Gasteiger partial charge is 0.505 e. The molecule has 1 unspecified atom stereocenters. The molecule has 7 nitrogen and oxygen atoms in total. The minimum absolute atomic E-state index is 0.00236. The van der Waals surface area contributed by atoms with Gasteiger partial charge in [-0.15, -0.1) is 0 Å². The lowest BCUT2D eigenvalue weighted by atomic mass is 9.90. The van der Waals surface area contributed by atoms with Crippen LogP contribution in [0.15, 0.2) is 144 Å². The van der Waals surface area contributed by atoms with Crippen LogP contribution in [-0.2, 0) is 23.1 Å². The first-order chi connectivity index (χ1) is 26.7. The van der Waals surface area contributed by atoms with Crippen molar-refractivity contribution in [1.82, 2.24) is 9.21 Å². The monoisotopic (exact) mass is 811 g/mol. The summed E-state index contributed by atoms with van der Waals surface area (Å²) in [5.74, 6) is -0.521. The molecule has 0 heterocycles. The van der Waals surface area contributed by atoms with Gasteiger partial charge in [-0.25, -0.2) is 17.6 Å². The number of sulfonamides is 1. The number of hydrogen-bond donors (Lipinski definition) is 1. The summed E-state index contributed by atoms with van der Waals surface area (Å²) in [5.41, 5.74) is 3.68. The highest BCUT2D eigenvalue weighted by Crippen LogP contribution is 2.38. The number of nitrogens with zero attached hydrogens (tertiary/aromatic N) is 3. The van der Waals surface area contributed by atoms with Crippen LogP contribution < -0.4 is 4.90 Å². The zero-order chi connectivity index (χ0) is 40.0. The highest BCUT2D eigenvalue weighted by molar-refractivity contribution is 7.89. The summed E-state index contributed by atoms with van der Waals surface area (Å²) < 4.78 is 46.5. The number of benzene rings is 5. The molecule has 0 aromatic heterocycles. The first-order valence-electron chi connectivity index (χ1n) is 18.3. The fourth-order valence-corrected chi connectivity index (χ4v) is 9.08. The maximum Gasteiger partial charge on any atom is 0.324 e. The lowest BCUT2D eigenvalue weighted by Crippen LogP contribution is -2.43. The third-order valence-electron chi connectivity index (χ3n) is 9.60. The van der Waals surface area contributed by atoms with Crippen molar-refractivity contribution in [3.63, 3.8) is 0 Å². The van der Waals surface area contributed by atoms with E-state index in [4.69, 9.17) is 23.2 Å². The molecule has 0 saturated heterocycles. The van der Waals surface area contributed by atoms with Crippen molar-refractivity contribution < 1.29 is 22.7 Å². The number of rotatable bonds is 13. The normalized spacial score (nSPS) is 15.5. The number of amides is 2. The molecular weight excluding hydrogens is 768 g/mol. The summed E-state index contributed by atoms with van der Waals surface area (Å²) >= 11 is 12.4. The van der Waals surface area contributed by atoms with Crippen molar-refractivity contribution >= 4 is 50.5 Å². The molecule has 0 radical (unpaired) electrons. The van der Waals surface area contributed by atoms with E-state index < -0.39 is 32.9 Å². The summed E-state index contributed by atoms with van der Waals surface area (Å²) in [7, 11) is -2.80. The Bertz CT molecular complexity index is 2360. The molecule has 1 N–H and O–H groups in total. The van der Waals surface area contributed by atoms with E-state index in [0.717, 1.165) is 43.9 Å². The van der Waals surface area contributed by atoms with E-state index in [0.29, 0.717) is 12.1 Å². The summed E-state index contributed by atoms with van der Waals surface area (Å²) in [6, 6.07) is 36.6. The lowest BCUT2D eigenvalue weighted by molar-refractivity contribution is 0.180. The van der Waals surface area contributed by atoms with Crippen molar-refractivity contribution in [2.75, 3.05) is 25.0 Å². The van der Waals surface area contributed by atoms with Crippen LogP contribution in [-0.4, -0.2) is 54.6 Å². The average Bonchev–Trinajstić information content (AvgIpc) is 3.19. The van der Waals surface area contributed by atoms with Gasteiger partial charge in [-0.05, 0) is 58.0 Å². The number of phenolic OH excluding ortho intramolecular Hbond substituents is 1. The van der Waals surface area contributed by atoms with E-state index >= 15 is 4.39 Å². The number of halogens is 3. The van der Waals surface area contributed by atoms with Gasteiger partial charge in [0.15, 0.2) is 5.75 Å². The molecule has 1 aliphatic carbocycles. The fourth-order valence-electron chi connectivity index (χ4n) is 6.86. The molecule has 290 valence electrons. The number of hydrogen-bond acceptors (Lipinski definition) is 4. The number of allylic oxidation sites excluding steroid dienone is 3. The van der Waals surface area contributed by atoms with E-state index in [-0.39, 0.29) is 41.5 Å². The van der Waals surface area contributed by atoms with E-state index in [2.05, 4.69) is 0 Å². The number of phenols is 1. The number of urea groups is 1. The second kappa shape index (κ2) is 17.5. The molecule has 0 aliphatic heterocycles. The van der Waals surface area contributed by atoms with Gasteiger partial charge in [0.25, 0.3) is 0 Å². The van der Waals surface area contributed by atoms with Crippen LogP contribution in [0.1, 0.15) is 37.0 Å². The Hall–Kier alpha value is -4.93. The van der Waals surface area contributed by atoms with Crippen LogP contribution in [0, 0.1) is 5.92 Å². The number of para-hydroxylation sites is 1. The summed E-state index contributed by atoms with van der Waals surface area (Å²) in [6.45, 7) is 3.99. The molecule has 1 aliphatic rings. The molecule has 0 fully saturated rings. The second-order valence-corrected chi connectivity index (χ2v) is 17.2. The zero-order valence-corrected chi connectivity index (χ0v) is 33.8. The molecule has 6 rings (SSSR count). The van der Waals surface area contributed by atoms with Crippen molar-refractivity contribution in [3.8, 4) is 16.9 Å². The third-order valence-corrected chi connectivity index (χ3v) is 11.9. The van der Waals surface area contributed by atoms with Gasteiger partial charge in [0.05, 0.1) is 17.3 Å². The van der Waals surface area contributed by atoms with Gasteiger partial charge in [0.2, 0.25) is 10.0 Å². The predicted molar refractivity (Wildman–Crippen MR) is 225 cm³/mol. The van der Waals surface area contributed by atoms with Crippen molar-refractivity contribution in [3.05, 3.63) is 166 Å². The highest BCUT2D eigenvalue weighted by Gasteiger charge is 2.38. The standard InChI is InChI=1S/C45H44Cl2FN3O4S/c1-32(2)28-50(44(53)49(3)41-20-11-10-19-39(41)37-17-8-5-9-18-37)29-33-13-12-14-34(25-33)30-51(56(54,55)42-27-38(46)26-40(47)43(42)52)31-45(48)23-21-36(22-24-45)35-15-6-4-7-16-35/h4-23,25-27,32,52H,24,28-31H2,1-3H3. The Kier molecular flexibility index (Phi) is 12.7. The van der Waals surface area contributed by atoms with Gasteiger partial charge in [-0.3, -0.25) is 4.90 Å². The molecule has 5 aromatic rings. The van der Waals surface area contributed by atoms with Crippen LogP contribution in [0.3, 0.4) is 0 Å². The van der Waals surface area contributed by atoms with Crippen molar-refractivity contribution in [2.45, 2.75) is 43.9 Å². The Morgan fingerprint density at radius 2 is 1.46 bits per heavy atom. The van der Waals surface area contributed by atoms with Crippen LogP contribution >= 0.6 is 23.2 Å². The summed E-state index contributed by atoms with van der Waals surface area (Å²) in [5, 5.41) is 10.6. The van der Waals surface area contributed by atoms with E-state index in [1.54, 1.807) is 41.1 Å². The molecule has 5 aromatic carbocycles. The quantitative estimate of drug-likeness (QED) is 0.128. The maximum absolute atomic E-state index is 16.7. The first kappa shape index (κ1) is 40.7. The zero-order valence-electron chi connectivity index (χ0n) is 31.4. The number of aromatic hydroxyl groups is 1. The molecule has 2 amide bonds. The third kappa shape index (κ3) is 9.53. The topological polar surface area (TPSA) is 81.2 Å². The smallest absolute Gasteiger partial charge is 0.324 e. The SMILES string of the molecule is CC(C)CN(Cc1cccc(CN(CC2(F)C=CC(c3ccccc3)=CC2)S(=O)(=O)c2cc(Cl)cc(Cl)c2O)c1)C(=O)N(C)c1ccccc1-c1ccccc1. The van der Waals surface area contributed by atoms with Crippen molar-refractivity contribution in [1.29, 1.82) is 0 Å². The van der Waals surface area contributed by atoms with Gasteiger partial charge < -0.3 is 10.0 Å². The van der Waals surface area contributed by atoms with Crippen LogP contribution in [0.4, 0.5) is 14.9 Å². The number of alkyl halides is 1. The van der Waals surface area contributed by atoms with Crippen LogP contribution in [0.25, 0.3) is 16.7 Å². The second-order valence-electron chi connectivity index (χ2n) is 14.4. The first-order valence-corrected chi connectivity index (χ1v) is 20.5. The van der Waals surface area contributed by atoms with Crippen LogP contribution in [0.2, 0.25) is 10.0 Å². The molecule has 0 bridgehead atoms. The molecule has 1 atom stereocenters. The molecule has 0 saturated carbocycles. The predicted octanol–water partition coefficient (Wildman–Crippen LogP) is 11.0. The van der Waals surface area contributed by atoms with Gasteiger partial charge >= 0.3 is 6.03 Å². The van der Waals surface area contributed by atoms with Gasteiger partial charge in [-0.1, -0.05) is 152 Å². The van der Waals surface area contributed by atoms with Crippen molar-refractivity contribution in [2.24, 2.45) is 5.92 Å². The molecule has 11 heteroatoms. The molecule has 56 heavy (non-hydrogen) atoms.